The van der Waals surface area contributed by atoms with Gasteiger partial charge in [-0.15, -0.1) is 0 Å². The number of nitrogens with one attached hydrogen (secondary N) is 2. The second kappa shape index (κ2) is 8.08. The lowest BCUT2D eigenvalue weighted by Gasteiger charge is -2.22. The molecule has 0 bridgehead atoms. The molecule has 29 heavy (non-hydrogen) atoms. The number of alkyl halides is 3. The van der Waals surface area contributed by atoms with E-state index in [0.717, 1.165) is 5.56 Å². The number of nitrogens with zero attached hydrogens (tertiary/aromatic N) is 1. The van der Waals surface area contributed by atoms with Crippen LogP contribution in [-0.4, -0.2) is 28.8 Å². The molecule has 2 aromatic carbocycles. The SMILES string of the molecule is O=C(NCc1ccc(F)cc1)NCc1ccc(C2=NOC(O)(C(F)(F)F)C2)cc1. The second-order valence-corrected chi connectivity index (χ2v) is 6.45. The Hall–Kier alpha value is -3.14. The fourth-order valence-electron chi connectivity index (χ4n) is 2.57. The number of urea groups is 1. The molecule has 3 N–H and O–H groups in total. The average Bonchev–Trinajstić information content (AvgIpc) is 3.10. The van der Waals surface area contributed by atoms with Crippen molar-refractivity contribution in [3.8, 4) is 0 Å². The van der Waals surface area contributed by atoms with Crippen LogP contribution in [0.4, 0.5) is 22.4 Å². The van der Waals surface area contributed by atoms with Crippen LogP contribution in [0.3, 0.4) is 0 Å². The molecule has 3 rings (SSSR count). The first kappa shape index (κ1) is 20.6. The van der Waals surface area contributed by atoms with Gasteiger partial charge in [0.15, 0.2) is 0 Å². The maximum absolute atomic E-state index is 12.8. The summed E-state index contributed by atoms with van der Waals surface area (Å²) in [5, 5.41) is 18.1. The quantitative estimate of drug-likeness (QED) is 0.661. The van der Waals surface area contributed by atoms with Crippen LogP contribution in [0.5, 0.6) is 0 Å². The molecular formula is C19H17F4N3O3. The molecule has 0 saturated carbocycles. The summed E-state index contributed by atoms with van der Waals surface area (Å²) in [5.41, 5.74) is 1.79. The Kier molecular flexibility index (Phi) is 5.73. The maximum Gasteiger partial charge on any atom is 0.458 e. The molecule has 10 heteroatoms. The Morgan fingerprint density at radius 1 is 1.03 bits per heavy atom. The van der Waals surface area contributed by atoms with Crippen LogP contribution < -0.4 is 10.6 Å². The molecule has 6 nitrogen and oxygen atoms in total. The van der Waals surface area contributed by atoms with E-state index in [-0.39, 0.29) is 24.6 Å². The van der Waals surface area contributed by atoms with Crippen molar-refractivity contribution in [2.24, 2.45) is 5.16 Å². The van der Waals surface area contributed by atoms with E-state index in [2.05, 4.69) is 20.6 Å². The summed E-state index contributed by atoms with van der Waals surface area (Å²) in [6.07, 6.45) is -5.76. The summed E-state index contributed by atoms with van der Waals surface area (Å²) in [6.45, 7) is 0.415. The third-order valence-electron chi connectivity index (χ3n) is 4.26. The van der Waals surface area contributed by atoms with E-state index >= 15 is 0 Å². The number of aliphatic hydroxyl groups is 1. The van der Waals surface area contributed by atoms with Gasteiger partial charge in [-0.1, -0.05) is 41.6 Å². The molecule has 0 fully saturated rings. The van der Waals surface area contributed by atoms with E-state index in [1.807, 2.05) is 0 Å². The van der Waals surface area contributed by atoms with Crippen molar-refractivity contribution >= 4 is 11.7 Å². The lowest BCUT2D eigenvalue weighted by atomic mass is 10.0. The lowest BCUT2D eigenvalue weighted by Crippen LogP contribution is -2.45. The zero-order valence-corrected chi connectivity index (χ0v) is 15.0. The van der Waals surface area contributed by atoms with Crippen LogP contribution in [-0.2, 0) is 17.9 Å². The number of hydrogen-bond donors (Lipinski definition) is 3. The first-order valence-corrected chi connectivity index (χ1v) is 8.56. The number of benzene rings is 2. The number of amides is 2. The Balaban J connectivity index is 1.48. The van der Waals surface area contributed by atoms with E-state index < -0.39 is 24.4 Å². The molecule has 0 radical (unpaired) electrons. The van der Waals surface area contributed by atoms with E-state index in [9.17, 15) is 27.5 Å². The third kappa shape index (κ3) is 5.02. The highest BCUT2D eigenvalue weighted by Crippen LogP contribution is 2.38. The smallest absolute Gasteiger partial charge is 0.350 e. The summed E-state index contributed by atoms with van der Waals surface area (Å²) < 4.78 is 51.1. The summed E-state index contributed by atoms with van der Waals surface area (Å²) in [6, 6.07) is 11.6. The molecule has 1 atom stereocenters. The summed E-state index contributed by atoms with van der Waals surface area (Å²) in [5.74, 6) is -3.68. The van der Waals surface area contributed by atoms with Gasteiger partial charge in [0.05, 0.1) is 12.1 Å². The van der Waals surface area contributed by atoms with Gasteiger partial charge in [0, 0.05) is 13.1 Å². The molecule has 0 spiro atoms. The molecule has 2 aromatic rings. The standard InChI is InChI=1S/C19H17F4N3O3/c20-15-7-3-13(4-8-15)11-25-17(27)24-10-12-1-5-14(6-2-12)16-9-18(28,29-26-16)19(21,22)23/h1-8,28H,9-11H2,(H2,24,25,27). The van der Waals surface area contributed by atoms with E-state index in [4.69, 9.17) is 0 Å². The van der Waals surface area contributed by atoms with E-state index in [0.29, 0.717) is 11.1 Å². The molecule has 1 heterocycles. The minimum Gasteiger partial charge on any atom is -0.350 e. The Labute approximate surface area is 163 Å². The van der Waals surface area contributed by atoms with Crippen LogP contribution in [0.25, 0.3) is 0 Å². The number of carbonyl (C=O) groups is 1. The topological polar surface area (TPSA) is 83.0 Å². The molecule has 0 aromatic heterocycles. The predicted octanol–water partition coefficient (Wildman–Crippen LogP) is 3.20. The average molecular weight is 411 g/mol. The lowest BCUT2D eigenvalue weighted by molar-refractivity contribution is -0.355. The van der Waals surface area contributed by atoms with Gasteiger partial charge in [-0.2, -0.15) is 13.2 Å². The number of halogens is 4. The Morgan fingerprint density at radius 3 is 2.03 bits per heavy atom. The number of oxime groups is 1. The highest BCUT2D eigenvalue weighted by molar-refractivity contribution is 6.01. The molecule has 1 aliphatic heterocycles. The van der Waals surface area contributed by atoms with Crippen molar-refractivity contribution in [3.05, 3.63) is 71.0 Å². The van der Waals surface area contributed by atoms with Gasteiger partial charge in [-0.3, -0.25) is 0 Å². The van der Waals surface area contributed by atoms with Crippen LogP contribution in [0.1, 0.15) is 23.1 Å². The van der Waals surface area contributed by atoms with Gasteiger partial charge in [0.25, 0.3) is 0 Å². The molecule has 1 unspecified atom stereocenters. The van der Waals surface area contributed by atoms with Crippen LogP contribution in [0.2, 0.25) is 0 Å². The number of hydrogen-bond acceptors (Lipinski definition) is 4. The maximum atomic E-state index is 12.8. The minimum atomic E-state index is -4.95. The molecule has 0 saturated heterocycles. The van der Waals surface area contributed by atoms with Crippen LogP contribution in [0.15, 0.2) is 53.7 Å². The summed E-state index contributed by atoms with van der Waals surface area (Å²) in [4.78, 5) is 16.0. The third-order valence-corrected chi connectivity index (χ3v) is 4.26. The van der Waals surface area contributed by atoms with Gasteiger partial charge < -0.3 is 20.6 Å². The van der Waals surface area contributed by atoms with Crippen molar-refractivity contribution < 1.29 is 32.3 Å². The Morgan fingerprint density at radius 2 is 1.55 bits per heavy atom. The zero-order valence-electron chi connectivity index (χ0n) is 15.0. The first-order valence-electron chi connectivity index (χ1n) is 8.56. The minimum absolute atomic E-state index is 0.0265. The van der Waals surface area contributed by atoms with Crippen LogP contribution in [0, 0.1) is 5.82 Å². The number of rotatable bonds is 5. The first-order chi connectivity index (χ1) is 13.7. The molecule has 1 aliphatic rings. The fourth-order valence-corrected chi connectivity index (χ4v) is 2.57. The van der Waals surface area contributed by atoms with Crippen molar-refractivity contribution in [1.29, 1.82) is 0 Å². The summed E-state index contributed by atoms with van der Waals surface area (Å²) >= 11 is 0. The molecular weight excluding hydrogens is 394 g/mol. The van der Waals surface area contributed by atoms with Gasteiger partial charge in [-0.05, 0) is 28.8 Å². The van der Waals surface area contributed by atoms with Gasteiger partial charge in [0.1, 0.15) is 5.82 Å². The van der Waals surface area contributed by atoms with Crippen molar-refractivity contribution in [2.45, 2.75) is 31.5 Å². The van der Waals surface area contributed by atoms with Crippen molar-refractivity contribution in [1.82, 2.24) is 10.6 Å². The normalized spacial score (nSPS) is 18.7. The van der Waals surface area contributed by atoms with Crippen molar-refractivity contribution in [3.63, 3.8) is 0 Å². The largest absolute Gasteiger partial charge is 0.458 e. The highest BCUT2D eigenvalue weighted by Gasteiger charge is 2.60. The van der Waals surface area contributed by atoms with Gasteiger partial charge >= 0.3 is 18.0 Å². The molecule has 154 valence electrons. The van der Waals surface area contributed by atoms with Crippen LogP contribution >= 0.6 is 0 Å². The molecule has 2 amide bonds. The predicted molar refractivity (Wildman–Crippen MR) is 95.2 cm³/mol. The molecule has 0 aliphatic carbocycles. The monoisotopic (exact) mass is 411 g/mol. The van der Waals surface area contributed by atoms with Gasteiger partial charge in [0.2, 0.25) is 0 Å². The zero-order chi connectivity index (χ0) is 21.1. The fraction of sp³-hybridized carbons (Fsp3) is 0.263. The summed E-state index contributed by atoms with van der Waals surface area (Å²) in [7, 11) is 0. The van der Waals surface area contributed by atoms with E-state index in [1.54, 1.807) is 24.3 Å². The van der Waals surface area contributed by atoms with E-state index in [1.165, 1.54) is 24.3 Å². The van der Waals surface area contributed by atoms with Gasteiger partial charge in [-0.25, -0.2) is 9.18 Å². The number of carbonyl (C=O) groups excluding carboxylic acids is 1. The van der Waals surface area contributed by atoms with Crippen molar-refractivity contribution in [2.75, 3.05) is 0 Å². The highest BCUT2D eigenvalue weighted by atomic mass is 19.4. The Bertz CT molecular complexity index is 898. The second-order valence-electron chi connectivity index (χ2n) is 6.45.